The predicted octanol–water partition coefficient (Wildman–Crippen LogP) is 1.94. The second-order valence-electron chi connectivity index (χ2n) is 4.75. The van der Waals surface area contributed by atoms with E-state index in [2.05, 4.69) is 15.5 Å². The molecule has 0 aliphatic heterocycles. The first kappa shape index (κ1) is 15.0. The largest absolute Gasteiger partial charge is 0.481 e. The van der Waals surface area contributed by atoms with Crippen molar-refractivity contribution in [3.8, 4) is 5.88 Å². The summed E-state index contributed by atoms with van der Waals surface area (Å²) < 4.78 is 10.2. The fourth-order valence-corrected chi connectivity index (χ4v) is 2.12. The van der Waals surface area contributed by atoms with Crippen LogP contribution in [0.25, 0.3) is 0 Å². The molecule has 6 heteroatoms. The molecule has 0 fully saturated rings. The zero-order chi connectivity index (χ0) is 15.2. The number of aryl methyl sites for hydroxylation is 2. The molecular weight excluding hydrogens is 270 g/mol. The predicted molar refractivity (Wildman–Crippen MR) is 76.9 cm³/mol. The molecular formula is C15H19N3O3. The zero-order valence-electron chi connectivity index (χ0n) is 12.5. The van der Waals surface area contributed by atoms with Crippen LogP contribution < -0.4 is 10.1 Å². The normalized spacial score (nSPS) is 10.4. The van der Waals surface area contributed by atoms with E-state index in [0.717, 1.165) is 22.6 Å². The molecule has 2 aromatic heterocycles. The molecule has 2 rings (SSSR count). The molecule has 112 valence electrons. The van der Waals surface area contributed by atoms with Crippen molar-refractivity contribution < 1.29 is 14.1 Å². The van der Waals surface area contributed by atoms with Gasteiger partial charge in [-0.25, -0.2) is 4.98 Å². The summed E-state index contributed by atoms with van der Waals surface area (Å²) in [4.78, 5) is 16.0. The molecule has 1 N–H and O–H groups in total. The first-order chi connectivity index (χ1) is 10.1. The number of rotatable bonds is 6. The Balaban J connectivity index is 1.85. The highest BCUT2D eigenvalue weighted by molar-refractivity contribution is 5.76. The average molecular weight is 289 g/mol. The van der Waals surface area contributed by atoms with E-state index in [9.17, 15) is 4.79 Å². The molecule has 0 unspecified atom stereocenters. The molecule has 0 spiro atoms. The number of hydrogen-bond donors (Lipinski definition) is 1. The van der Waals surface area contributed by atoms with Crippen LogP contribution in [0.5, 0.6) is 5.88 Å². The van der Waals surface area contributed by atoms with E-state index < -0.39 is 0 Å². The number of amides is 1. The average Bonchev–Trinajstić information content (AvgIpc) is 2.82. The first-order valence-corrected chi connectivity index (χ1v) is 6.78. The minimum Gasteiger partial charge on any atom is -0.481 e. The Bertz CT molecular complexity index is 603. The molecule has 0 aromatic carbocycles. The Labute approximate surface area is 123 Å². The van der Waals surface area contributed by atoms with Crippen LogP contribution in [0.1, 0.15) is 29.0 Å². The molecule has 6 nitrogen and oxygen atoms in total. The Hall–Kier alpha value is -2.37. The van der Waals surface area contributed by atoms with Crippen molar-refractivity contribution in [3.63, 3.8) is 0 Å². The smallest absolute Gasteiger partial charge is 0.220 e. The van der Waals surface area contributed by atoms with Crippen molar-refractivity contribution in [1.82, 2.24) is 15.5 Å². The Morgan fingerprint density at radius 3 is 2.90 bits per heavy atom. The van der Waals surface area contributed by atoms with Crippen LogP contribution in [-0.2, 0) is 17.8 Å². The molecule has 0 saturated heterocycles. The molecule has 21 heavy (non-hydrogen) atoms. The molecule has 0 bridgehead atoms. The summed E-state index contributed by atoms with van der Waals surface area (Å²) in [6.45, 7) is 4.13. The van der Waals surface area contributed by atoms with E-state index in [4.69, 9.17) is 9.26 Å². The van der Waals surface area contributed by atoms with Crippen LogP contribution in [-0.4, -0.2) is 23.2 Å². The van der Waals surface area contributed by atoms with E-state index in [1.165, 1.54) is 0 Å². The van der Waals surface area contributed by atoms with Crippen LogP contribution >= 0.6 is 0 Å². The third-order valence-corrected chi connectivity index (χ3v) is 3.30. The number of pyridine rings is 1. The van der Waals surface area contributed by atoms with Gasteiger partial charge < -0.3 is 14.6 Å². The molecule has 0 saturated carbocycles. The van der Waals surface area contributed by atoms with Crippen LogP contribution in [0, 0.1) is 13.8 Å². The number of methoxy groups -OCH3 is 1. The first-order valence-electron chi connectivity index (χ1n) is 6.78. The third kappa shape index (κ3) is 3.81. The van der Waals surface area contributed by atoms with Gasteiger partial charge in [-0.3, -0.25) is 4.79 Å². The molecule has 1 amide bonds. The van der Waals surface area contributed by atoms with E-state index in [1.807, 2.05) is 26.0 Å². The van der Waals surface area contributed by atoms with E-state index in [0.29, 0.717) is 25.3 Å². The van der Waals surface area contributed by atoms with Crippen LogP contribution in [0.15, 0.2) is 22.9 Å². The van der Waals surface area contributed by atoms with Gasteiger partial charge in [-0.15, -0.1) is 0 Å². The number of hydrogen-bond acceptors (Lipinski definition) is 5. The van der Waals surface area contributed by atoms with Gasteiger partial charge in [0.05, 0.1) is 12.8 Å². The van der Waals surface area contributed by atoms with Crippen LogP contribution in [0.2, 0.25) is 0 Å². The topological polar surface area (TPSA) is 77.2 Å². The molecule has 2 heterocycles. The van der Waals surface area contributed by atoms with Crippen molar-refractivity contribution in [2.24, 2.45) is 0 Å². The lowest BCUT2D eigenvalue weighted by Crippen LogP contribution is -2.23. The number of nitrogens with zero attached hydrogens (tertiary/aromatic N) is 2. The van der Waals surface area contributed by atoms with Gasteiger partial charge in [-0.1, -0.05) is 11.2 Å². The zero-order valence-corrected chi connectivity index (χ0v) is 12.5. The SMILES string of the molecule is COc1ncccc1CNC(=O)CCc1c(C)noc1C. The van der Waals surface area contributed by atoms with Crippen molar-refractivity contribution in [2.45, 2.75) is 33.2 Å². The minimum absolute atomic E-state index is 0.0269. The van der Waals surface area contributed by atoms with Gasteiger partial charge in [-0.05, 0) is 26.3 Å². The molecule has 0 radical (unpaired) electrons. The van der Waals surface area contributed by atoms with Gasteiger partial charge in [0.15, 0.2) is 0 Å². The summed E-state index contributed by atoms with van der Waals surface area (Å²) in [5, 5.41) is 6.74. The number of nitrogens with one attached hydrogen (secondary N) is 1. The van der Waals surface area contributed by atoms with Gasteiger partial charge in [-0.2, -0.15) is 0 Å². The van der Waals surface area contributed by atoms with E-state index in [1.54, 1.807) is 13.3 Å². The minimum atomic E-state index is -0.0269. The van der Waals surface area contributed by atoms with Crippen molar-refractivity contribution in [1.29, 1.82) is 0 Å². The van der Waals surface area contributed by atoms with Crippen molar-refractivity contribution in [2.75, 3.05) is 7.11 Å². The summed E-state index contributed by atoms with van der Waals surface area (Å²) in [6.07, 6.45) is 2.67. The lowest BCUT2D eigenvalue weighted by atomic mass is 10.1. The number of carbonyl (C=O) groups excluding carboxylic acids is 1. The molecule has 0 atom stereocenters. The molecule has 0 aliphatic rings. The number of carbonyl (C=O) groups is 1. The fourth-order valence-electron chi connectivity index (χ4n) is 2.12. The summed E-state index contributed by atoms with van der Waals surface area (Å²) in [7, 11) is 1.56. The quantitative estimate of drug-likeness (QED) is 0.879. The Kier molecular flexibility index (Phi) is 4.92. The summed E-state index contributed by atoms with van der Waals surface area (Å²) in [5.74, 6) is 1.28. The van der Waals surface area contributed by atoms with Crippen LogP contribution in [0.3, 0.4) is 0 Å². The molecule has 2 aromatic rings. The van der Waals surface area contributed by atoms with Gasteiger partial charge in [0, 0.05) is 30.3 Å². The maximum atomic E-state index is 11.9. The highest BCUT2D eigenvalue weighted by Gasteiger charge is 2.11. The second-order valence-corrected chi connectivity index (χ2v) is 4.75. The Morgan fingerprint density at radius 1 is 1.43 bits per heavy atom. The highest BCUT2D eigenvalue weighted by atomic mass is 16.5. The van der Waals surface area contributed by atoms with Crippen molar-refractivity contribution in [3.05, 3.63) is 40.9 Å². The van der Waals surface area contributed by atoms with Gasteiger partial charge in [0.25, 0.3) is 0 Å². The van der Waals surface area contributed by atoms with Gasteiger partial charge in [0.1, 0.15) is 5.76 Å². The summed E-state index contributed by atoms with van der Waals surface area (Å²) in [5.41, 5.74) is 2.70. The monoisotopic (exact) mass is 289 g/mol. The number of aromatic nitrogens is 2. The van der Waals surface area contributed by atoms with Gasteiger partial charge in [0.2, 0.25) is 11.8 Å². The van der Waals surface area contributed by atoms with E-state index >= 15 is 0 Å². The third-order valence-electron chi connectivity index (χ3n) is 3.30. The second kappa shape index (κ2) is 6.88. The fraction of sp³-hybridized carbons (Fsp3) is 0.400. The maximum Gasteiger partial charge on any atom is 0.220 e. The summed E-state index contributed by atoms with van der Waals surface area (Å²) in [6, 6.07) is 3.69. The van der Waals surface area contributed by atoms with Gasteiger partial charge >= 0.3 is 0 Å². The standard InChI is InChI=1S/C15H19N3O3/c1-10-13(11(2)21-18-10)6-7-14(19)17-9-12-5-4-8-16-15(12)20-3/h4-5,8H,6-7,9H2,1-3H3,(H,17,19). The number of ether oxygens (including phenoxy) is 1. The van der Waals surface area contributed by atoms with Crippen molar-refractivity contribution >= 4 is 5.91 Å². The maximum absolute atomic E-state index is 11.9. The lowest BCUT2D eigenvalue weighted by Gasteiger charge is -2.08. The Morgan fingerprint density at radius 2 is 2.24 bits per heavy atom. The molecule has 0 aliphatic carbocycles. The highest BCUT2D eigenvalue weighted by Crippen LogP contribution is 2.15. The van der Waals surface area contributed by atoms with Crippen LogP contribution in [0.4, 0.5) is 0 Å². The lowest BCUT2D eigenvalue weighted by molar-refractivity contribution is -0.121. The van der Waals surface area contributed by atoms with E-state index in [-0.39, 0.29) is 5.91 Å². The summed E-state index contributed by atoms with van der Waals surface area (Å²) >= 11 is 0.